The maximum atomic E-state index is 12.0. The van der Waals surface area contributed by atoms with Gasteiger partial charge in [0, 0.05) is 43.8 Å². The second-order valence-electron chi connectivity index (χ2n) is 6.37. The van der Waals surface area contributed by atoms with Crippen LogP contribution >= 0.6 is 0 Å². The van der Waals surface area contributed by atoms with Crippen LogP contribution in [0.4, 0.5) is 5.69 Å². The number of pyridine rings is 1. The minimum atomic E-state index is 0.209. The number of hydrogen-bond acceptors (Lipinski definition) is 4. The van der Waals surface area contributed by atoms with Gasteiger partial charge < -0.3 is 5.73 Å². The minimum Gasteiger partial charge on any atom is -0.398 e. The number of aromatic nitrogens is 1. The molecule has 2 rings (SSSR count). The van der Waals surface area contributed by atoms with Crippen LogP contribution in [0.15, 0.2) is 48.8 Å². The molecule has 2 aromatic rings. The summed E-state index contributed by atoms with van der Waals surface area (Å²) in [4.78, 5) is 27.9. The van der Waals surface area contributed by atoms with Crippen molar-refractivity contribution in [3.05, 3.63) is 59.9 Å². The molecule has 1 heterocycles. The average molecular weight is 338 g/mol. The number of nitrogens with two attached hydrogens (primary N) is 1. The highest BCUT2D eigenvalue weighted by molar-refractivity contribution is 5.82. The fourth-order valence-corrected chi connectivity index (χ4v) is 2.77. The van der Waals surface area contributed by atoms with Gasteiger partial charge in [0.15, 0.2) is 0 Å². The maximum absolute atomic E-state index is 12.0. The van der Waals surface area contributed by atoms with Crippen LogP contribution in [0.25, 0.3) is 0 Å². The number of Topliss-reactive ketones (excluding diaryl/α,β-unsaturated/α-hetero) is 2. The Morgan fingerprint density at radius 1 is 0.880 bits per heavy atom. The molecule has 0 unspecified atom stereocenters. The van der Waals surface area contributed by atoms with Crippen molar-refractivity contribution >= 4 is 17.3 Å². The predicted octanol–water partition coefficient (Wildman–Crippen LogP) is 3.93. The molecule has 0 fully saturated rings. The number of benzene rings is 1. The first-order valence-corrected chi connectivity index (χ1v) is 8.91. The molecule has 0 radical (unpaired) electrons. The van der Waals surface area contributed by atoms with Gasteiger partial charge in [-0.05, 0) is 42.5 Å². The molecule has 25 heavy (non-hydrogen) atoms. The van der Waals surface area contributed by atoms with Crippen molar-refractivity contribution in [1.82, 2.24) is 4.98 Å². The third-order valence-electron chi connectivity index (χ3n) is 4.27. The van der Waals surface area contributed by atoms with Crippen molar-refractivity contribution in [1.29, 1.82) is 0 Å². The van der Waals surface area contributed by atoms with E-state index in [1.165, 1.54) is 0 Å². The Morgan fingerprint density at radius 2 is 1.64 bits per heavy atom. The van der Waals surface area contributed by atoms with Gasteiger partial charge in [-0.3, -0.25) is 14.6 Å². The summed E-state index contributed by atoms with van der Waals surface area (Å²) in [5.41, 5.74) is 8.53. The number of ketones is 2. The second kappa shape index (κ2) is 10.4. The quantitative estimate of drug-likeness (QED) is 0.498. The van der Waals surface area contributed by atoms with E-state index in [2.05, 4.69) is 4.98 Å². The van der Waals surface area contributed by atoms with Crippen molar-refractivity contribution in [2.75, 3.05) is 5.73 Å². The molecule has 0 spiro atoms. The molecule has 0 aliphatic carbocycles. The van der Waals surface area contributed by atoms with Crippen LogP contribution in [-0.2, 0) is 22.4 Å². The van der Waals surface area contributed by atoms with Crippen LogP contribution < -0.4 is 5.73 Å². The predicted molar refractivity (Wildman–Crippen MR) is 100 cm³/mol. The van der Waals surface area contributed by atoms with Gasteiger partial charge in [-0.2, -0.15) is 0 Å². The van der Waals surface area contributed by atoms with E-state index in [4.69, 9.17) is 5.73 Å². The fourth-order valence-electron chi connectivity index (χ4n) is 2.77. The van der Waals surface area contributed by atoms with Crippen LogP contribution in [-0.4, -0.2) is 16.6 Å². The van der Waals surface area contributed by atoms with E-state index >= 15 is 0 Å². The Bertz CT molecular complexity index is 683. The lowest BCUT2D eigenvalue weighted by Gasteiger charge is -2.05. The zero-order chi connectivity index (χ0) is 17.9. The molecule has 0 atom stereocenters. The molecule has 0 bridgehead atoms. The largest absolute Gasteiger partial charge is 0.398 e. The highest BCUT2D eigenvalue weighted by Crippen LogP contribution is 2.14. The van der Waals surface area contributed by atoms with E-state index < -0.39 is 0 Å². The molecule has 2 N–H and O–H groups in total. The fraction of sp³-hybridized carbons (Fsp3) is 0.381. The molecule has 1 aromatic carbocycles. The summed E-state index contributed by atoms with van der Waals surface area (Å²) in [7, 11) is 0. The third-order valence-corrected chi connectivity index (χ3v) is 4.27. The topological polar surface area (TPSA) is 73.1 Å². The number of anilines is 1. The molecule has 0 aliphatic heterocycles. The number of aryl methyl sites for hydroxylation is 1. The first-order valence-electron chi connectivity index (χ1n) is 8.91. The highest BCUT2D eigenvalue weighted by atomic mass is 16.1. The lowest BCUT2D eigenvalue weighted by Crippen LogP contribution is -2.05. The molecular formula is C21H26N2O2. The summed E-state index contributed by atoms with van der Waals surface area (Å²) in [5, 5.41) is 0. The van der Waals surface area contributed by atoms with Crippen molar-refractivity contribution in [2.24, 2.45) is 0 Å². The molecule has 1 aromatic heterocycles. The molecule has 4 heteroatoms. The standard InChI is InChI=1S/C21H26N2O2/c22-21-11-5-4-8-18(21)15-20(25)10-3-1-2-9-19(24)13-12-17-7-6-14-23-16-17/h4-8,11,14,16H,1-3,9-10,12-13,15,22H2. The Hall–Kier alpha value is -2.49. The zero-order valence-corrected chi connectivity index (χ0v) is 14.6. The summed E-state index contributed by atoms with van der Waals surface area (Å²) < 4.78 is 0. The lowest BCUT2D eigenvalue weighted by atomic mass is 10.0. The molecule has 0 saturated heterocycles. The lowest BCUT2D eigenvalue weighted by molar-refractivity contribution is -0.119. The van der Waals surface area contributed by atoms with E-state index in [0.29, 0.717) is 31.4 Å². The van der Waals surface area contributed by atoms with Crippen LogP contribution in [0.1, 0.15) is 49.7 Å². The van der Waals surface area contributed by atoms with E-state index in [1.807, 2.05) is 36.4 Å². The summed E-state index contributed by atoms with van der Waals surface area (Å²) in [6.07, 6.45) is 9.01. The number of rotatable bonds is 11. The number of para-hydroxylation sites is 1. The molecule has 4 nitrogen and oxygen atoms in total. The number of unbranched alkanes of at least 4 members (excludes halogenated alkanes) is 2. The Balaban J connectivity index is 1.54. The molecule has 0 saturated carbocycles. The van der Waals surface area contributed by atoms with Gasteiger partial charge >= 0.3 is 0 Å². The number of nitrogens with zero attached hydrogens (tertiary/aromatic N) is 1. The van der Waals surface area contributed by atoms with E-state index in [9.17, 15) is 9.59 Å². The Labute approximate surface area is 149 Å². The molecular weight excluding hydrogens is 312 g/mol. The van der Waals surface area contributed by atoms with Gasteiger partial charge in [0.25, 0.3) is 0 Å². The van der Waals surface area contributed by atoms with E-state index in [-0.39, 0.29) is 11.6 Å². The maximum Gasteiger partial charge on any atom is 0.137 e. The van der Waals surface area contributed by atoms with Gasteiger partial charge in [-0.25, -0.2) is 0 Å². The third kappa shape index (κ3) is 7.29. The number of nitrogen functional groups attached to an aromatic ring is 1. The molecule has 0 aliphatic rings. The Morgan fingerprint density at radius 3 is 2.36 bits per heavy atom. The van der Waals surface area contributed by atoms with Gasteiger partial charge in [-0.15, -0.1) is 0 Å². The molecule has 0 amide bonds. The van der Waals surface area contributed by atoms with Crippen LogP contribution in [0.2, 0.25) is 0 Å². The van der Waals surface area contributed by atoms with E-state index in [1.54, 1.807) is 12.4 Å². The Kier molecular flexibility index (Phi) is 7.83. The smallest absolute Gasteiger partial charge is 0.137 e. The minimum absolute atomic E-state index is 0.209. The number of carbonyl (C=O) groups excluding carboxylic acids is 2. The first-order chi connectivity index (χ1) is 12.1. The van der Waals surface area contributed by atoms with Crippen molar-refractivity contribution in [3.63, 3.8) is 0 Å². The molecule has 132 valence electrons. The summed E-state index contributed by atoms with van der Waals surface area (Å²) >= 11 is 0. The number of hydrogen-bond donors (Lipinski definition) is 1. The normalized spacial score (nSPS) is 10.6. The SMILES string of the molecule is Nc1ccccc1CC(=O)CCCCCC(=O)CCc1cccnc1. The average Bonchev–Trinajstić information content (AvgIpc) is 2.62. The van der Waals surface area contributed by atoms with E-state index in [0.717, 1.165) is 36.8 Å². The van der Waals surface area contributed by atoms with Gasteiger partial charge in [-0.1, -0.05) is 30.7 Å². The first kappa shape index (κ1) is 18.8. The van der Waals surface area contributed by atoms with Crippen molar-refractivity contribution < 1.29 is 9.59 Å². The summed E-state index contributed by atoms with van der Waals surface area (Å²) in [5.74, 6) is 0.494. The number of carbonyl (C=O) groups is 2. The monoisotopic (exact) mass is 338 g/mol. The van der Waals surface area contributed by atoms with Gasteiger partial charge in [0.05, 0.1) is 0 Å². The summed E-state index contributed by atoms with van der Waals surface area (Å²) in [6.45, 7) is 0. The van der Waals surface area contributed by atoms with Gasteiger partial charge in [0.1, 0.15) is 11.6 Å². The van der Waals surface area contributed by atoms with Crippen LogP contribution in [0.3, 0.4) is 0 Å². The van der Waals surface area contributed by atoms with Gasteiger partial charge in [0.2, 0.25) is 0 Å². The van der Waals surface area contributed by atoms with Crippen LogP contribution in [0.5, 0.6) is 0 Å². The van der Waals surface area contributed by atoms with Crippen LogP contribution in [0, 0.1) is 0 Å². The summed E-state index contributed by atoms with van der Waals surface area (Å²) in [6, 6.07) is 11.4. The zero-order valence-electron chi connectivity index (χ0n) is 14.6. The second-order valence-corrected chi connectivity index (χ2v) is 6.37. The van der Waals surface area contributed by atoms with Crippen molar-refractivity contribution in [3.8, 4) is 0 Å². The van der Waals surface area contributed by atoms with Crippen molar-refractivity contribution in [2.45, 2.75) is 51.4 Å². The highest BCUT2D eigenvalue weighted by Gasteiger charge is 2.07.